The molecule has 37 heavy (non-hydrogen) atoms. The maximum absolute atomic E-state index is 12.0. The van der Waals surface area contributed by atoms with Crippen molar-refractivity contribution in [2.24, 2.45) is 17.4 Å². The van der Waals surface area contributed by atoms with E-state index in [0.717, 1.165) is 40.8 Å². The molecule has 0 aliphatic heterocycles. The number of nitrogens with two attached hydrogens (primary N) is 2. The molecule has 7 rings (SSSR count). The predicted octanol–water partition coefficient (Wildman–Crippen LogP) is 3.80. The first kappa shape index (κ1) is 22.1. The molecule has 0 unspecified atom stereocenters. The van der Waals surface area contributed by atoms with Crippen molar-refractivity contribution in [3.05, 3.63) is 84.2 Å². The highest BCUT2D eigenvalue weighted by Crippen LogP contribution is 2.57. The number of carbonyl (C=O) groups excluding carboxylic acids is 1. The summed E-state index contributed by atoms with van der Waals surface area (Å²) in [6.45, 7) is 0. The van der Waals surface area contributed by atoms with Crippen LogP contribution in [0, 0.1) is 5.92 Å². The van der Waals surface area contributed by atoms with Crippen molar-refractivity contribution in [3.8, 4) is 22.4 Å². The number of fused-ring (bicyclic) bond motifs is 3. The van der Waals surface area contributed by atoms with E-state index >= 15 is 0 Å². The number of hydrogen-bond acceptors (Lipinski definition) is 6. The van der Waals surface area contributed by atoms with E-state index in [1.165, 1.54) is 0 Å². The van der Waals surface area contributed by atoms with Gasteiger partial charge in [-0.25, -0.2) is 4.98 Å². The number of amides is 1. The van der Waals surface area contributed by atoms with E-state index in [4.69, 9.17) is 16.5 Å². The van der Waals surface area contributed by atoms with Crippen molar-refractivity contribution >= 4 is 22.6 Å². The Morgan fingerprint density at radius 2 is 1.68 bits per heavy atom. The molecule has 1 amide bonds. The van der Waals surface area contributed by atoms with Gasteiger partial charge in [-0.15, -0.1) is 10.2 Å². The molecule has 0 saturated heterocycles. The van der Waals surface area contributed by atoms with E-state index in [-0.39, 0.29) is 5.82 Å². The third-order valence-electron chi connectivity index (χ3n) is 7.97. The van der Waals surface area contributed by atoms with Crippen LogP contribution in [0.3, 0.4) is 0 Å². The summed E-state index contributed by atoms with van der Waals surface area (Å²) < 4.78 is 1.65. The quantitative estimate of drug-likeness (QED) is 0.343. The molecule has 8 nitrogen and oxygen atoms in total. The van der Waals surface area contributed by atoms with Gasteiger partial charge in [0.15, 0.2) is 5.65 Å². The largest absolute Gasteiger partial charge is 0.389 e. The third-order valence-corrected chi connectivity index (χ3v) is 7.97. The SMILES string of the molecule is NC(=O)c1nnc2ccc3nc(-c4ccc([C@]5(N)C[C@@](O)(C6CC6)C5)cc4)c(-c4ccccc4)cc3n12. The van der Waals surface area contributed by atoms with Gasteiger partial charge in [0, 0.05) is 16.7 Å². The van der Waals surface area contributed by atoms with Gasteiger partial charge in [-0.2, -0.15) is 0 Å². The fourth-order valence-corrected chi connectivity index (χ4v) is 5.95. The Morgan fingerprint density at radius 3 is 2.35 bits per heavy atom. The Kier molecular flexibility index (Phi) is 4.58. The number of carbonyl (C=O) groups is 1. The van der Waals surface area contributed by atoms with Crippen molar-refractivity contribution in [2.45, 2.75) is 36.8 Å². The molecule has 2 aliphatic rings. The van der Waals surface area contributed by atoms with Crippen LogP contribution in [0.1, 0.15) is 41.9 Å². The average Bonchev–Trinajstić information content (AvgIpc) is 3.66. The van der Waals surface area contributed by atoms with E-state index in [0.29, 0.717) is 35.4 Å². The molecule has 5 N–H and O–H groups in total. The summed E-state index contributed by atoms with van der Waals surface area (Å²) in [6, 6.07) is 23.9. The van der Waals surface area contributed by atoms with E-state index in [9.17, 15) is 9.90 Å². The highest BCUT2D eigenvalue weighted by molar-refractivity contribution is 5.95. The Bertz CT molecular complexity index is 1680. The van der Waals surface area contributed by atoms with Crippen molar-refractivity contribution < 1.29 is 9.90 Å². The molecular weight excluding hydrogens is 464 g/mol. The second-order valence-corrected chi connectivity index (χ2v) is 10.5. The Hall–Kier alpha value is -4.14. The molecular formula is C29H26N6O2. The number of hydrogen-bond donors (Lipinski definition) is 3. The molecule has 0 radical (unpaired) electrons. The van der Waals surface area contributed by atoms with Gasteiger partial charge in [0.25, 0.3) is 5.91 Å². The maximum atomic E-state index is 12.0. The number of primary amides is 1. The molecule has 0 atom stereocenters. The number of aliphatic hydroxyl groups is 1. The highest BCUT2D eigenvalue weighted by atomic mass is 16.3. The monoisotopic (exact) mass is 490 g/mol. The van der Waals surface area contributed by atoms with E-state index < -0.39 is 17.0 Å². The first-order valence-corrected chi connectivity index (χ1v) is 12.5. The van der Waals surface area contributed by atoms with Crippen molar-refractivity contribution in [2.75, 3.05) is 0 Å². The van der Waals surface area contributed by atoms with Crippen LogP contribution >= 0.6 is 0 Å². The minimum atomic E-state index is -0.652. The van der Waals surface area contributed by atoms with Gasteiger partial charge >= 0.3 is 0 Å². The molecule has 2 fully saturated rings. The lowest BCUT2D eigenvalue weighted by Gasteiger charge is -2.52. The Balaban J connectivity index is 1.36. The topological polar surface area (TPSA) is 132 Å². The summed E-state index contributed by atoms with van der Waals surface area (Å²) in [4.78, 5) is 17.1. The lowest BCUT2D eigenvalue weighted by Crippen LogP contribution is -2.60. The molecule has 2 aliphatic carbocycles. The standard InChI is InChI=1S/C29H26N6O2/c30-26(36)27-34-33-24-13-12-22-23(35(24)27)14-21(17-4-2-1-3-5-17)25(32-22)18-6-8-19(9-7-18)28(31)15-29(37,16-28)20-10-11-20/h1-9,12-14,20,37H,10-11,15-16,31H2,(H2,30,36)/t28-,29-. The summed E-state index contributed by atoms with van der Waals surface area (Å²) in [6.07, 6.45) is 3.41. The Labute approximate surface area is 213 Å². The first-order valence-electron chi connectivity index (χ1n) is 12.5. The molecule has 8 heteroatoms. The maximum Gasteiger partial charge on any atom is 0.287 e. The molecule has 0 bridgehead atoms. The summed E-state index contributed by atoms with van der Waals surface area (Å²) in [7, 11) is 0. The Morgan fingerprint density at radius 1 is 0.946 bits per heavy atom. The van der Waals surface area contributed by atoms with Crippen LogP contribution in [0.25, 0.3) is 39.1 Å². The smallest absolute Gasteiger partial charge is 0.287 e. The van der Waals surface area contributed by atoms with Gasteiger partial charge in [0.05, 0.1) is 22.3 Å². The van der Waals surface area contributed by atoms with Gasteiger partial charge in [0.1, 0.15) is 0 Å². The number of rotatable bonds is 5. The lowest BCUT2D eigenvalue weighted by molar-refractivity contribution is -0.106. The van der Waals surface area contributed by atoms with Crippen LogP contribution in [0.4, 0.5) is 0 Å². The van der Waals surface area contributed by atoms with E-state index in [1.807, 2.05) is 54.6 Å². The van der Waals surface area contributed by atoms with Crippen LogP contribution in [-0.4, -0.2) is 36.2 Å². The first-order chi connectivity index (χ1) is 17.8. The van der Waals surface area contributed by atoms with Crippen LogP contribution in [0.5, 0.6) is 0 Å². The molecule has 3 heterocycles. The second kappa shape index (κ2) is 7.68. The molecule has 5 aromatic rings. The highest BCUT2D eigenvalue weighted by Gasteiger charge is 2.58. The van der Waals surface area contributed by atoms with E-state index in [1.54, 1.807) is 10.5 Å². The van der Waals surface area contributed by atoms with Crippen LogP contribution < -0.4 is 11.5 Å². The number of aromatic nitrogens is 4. The molecule has 3 aromatic heterocycles. The zero-order valence-electron chi connectivity index (χ0n) is 20.1. The minimum absolute atomic E-state index is 0.0680. The fourth-order valence-electron chi connectivity index (χ4n) is 5.95. The molecule has 184 valence electrons. The number of benzene rings is 2. The summed E-state index contributed by atoms with van der Waals surface area (Å²) >= 11 is 0. The van der Waals surface area contributed by atoms with Crippen molar-refractivity contribution in [1.82, 2.24) is 19.6 Å². The van der Waals surface area contributed by atoms with Gasteiger partial charge < -0.3 is 16.6 Å². The summed E-state index contributed by atoms with van der Waals surface area (Å²) in [5.74, 6) is -0.175. The van der Waals surface area contributed by atoms with Gasteiger partial charge in [-0.05, 0) is 60.9 Å². The molecule has 2 saturated carbocycles. The second-order valence-electron chi connectivity index (χ2n) is 10.5. The molecule has 2 aromatic carbocycles. The summed E-state index contributed by atoms with van der Waals surface area (Å²) in [5.41, 5.74) is 17.8. The fraction of sp³-hybridized carbons (Fsp3) is 0.241. The van der Waals surface area contributed by atoms with Crippen LogP contribution in [-0.2, 0) is 5.54 Å². The van der Waals surface area contributed by atoms with Crippen molar-refractivity contribution in [3.63, 3.8) is 0 Å². The van der Waals surface area contributed by atoms with Gasteiger partial charge in [0.2, 0.25) is 5.82 Å². The van der Waals surface area contributed by atoms with E-state index in [2.05, 4.69) is 22.3 Å². The lowest BCUT2D eigenvalue weighted by atomic mass is 9.60. The zero-order valence-corrected chi connectivity index (χ0v) is 20.1. The normalized spacial score (nSPS) is 23.3. The number of nitrogens with zero attached hydrogens (tertiary/aromatic N) is 4. The van der Waals surface area contributed by atoms with Crippen LogP contribution in [0.15, 0.2) is 72.8 Å². The zero-order chi connectivity index (χ0) is 25.4. The molecule has 0 spiro atoms. The van der Waals surface area contributed by atoms with Gasteiger partial charge in [-0.1, -0.05) is 54.6 Å². The predicted molar refractivity (Wildman–Crippen MR) is 140 cm³/mol. The minimum Gasteiger partial charge on any atom is -0.389 e. The van der Waals surface area contributed by atoms with Crippen molar-refractivity contribution in [1.29, 1.82) is 0 Å². The summed E-state index contributed by atoms with van der Waals surface area (Å²) in [5, 5.41) is 18.9. The third kappa shape index (κ3) is 3.44. The number of pyridine rings is 2. The van der Waals surface area contributed by atoms with Gasteiger partial charge in [-0.3, -0.25) is 9.20 Å². The van der Waals surface area contributed by atoms with Crippen LogP contribution in [0.2, 0.25) is 0 Å². The average molecular weight is 491 g/mol.